The molecule has 1 aromatic heterocycles. The van der Waals surface area contributed by atoms with Gasteiger partial charge in [-0.15, -0.1) is 0 Å². The minimum absolute atomic E-state index is 0.277. The predicted octanol–water partition coefficient (Wildman–Crippen LogP) is 6.64. The highest BCUT2D eigenvalue weighted by Gasteiger charge is 2.22. The van der Waals surface area contributed by atoms with Gasteiger partial charge in [0.05, 0.1) is 57.5 Å². The Bertz CT molecular complexity index is 1520. The number of benzene rings is 2. The summed E-state index contributed by atoms with van der Waals surface area (Å²) in [6.07, 6.45) is 16.9. The molecule has 37 heavy (non-hydrogen) atoms. The summed E-state index contributed by atoms with van der Waals surface area (Å²) >= 11 is 0. The molecule has 0 unspecified atom stereocenters. The number of methoxy groups -OCH3 is 1. The largest absolute Gasteiger partial charge is 0.381 e. The smallest absolute Gasteiger partial charge is 0.0900 e. The molecule has 3 aliphatic carbocycles. The summed E-state index contributed by atoms with van der Waals surface area (Å²) in [5.74, 6) is 0. The second-order valence-electron chi connectivity index (χ2n) is 10.1. The molecule has 1 N–H and O–H groups in total. The number of pyridine rings is 1. The molecule has 6 heteroatoms. The van der Waals surface area contributed by atoms with Crippen molar-refractivity contribution < 1.29 is 4.74 Å². The first kappa shape index (κ1) is 23.6. The van der Waals surface area contributed by atoms with E-state index in [2.05, 4.69) is 82.5 Å². The Labute approximate surface area is 217 Å². The lowest BCUT2D eigenvalue weighted by Gasteiger charge is -2.26. The second-order valence-corrected chi connectivity index (χ2v) is 10.1. The van der Waals surface area contributed by atoms with Crippen molar-refractivity contribution in [2.45, 2.75) is 57.6 Å². The third-order valence-corrected chi connectivity index (χ3v) is 7.43. The summed E-state index contributed by atoms with van der Waals surface area (Å²) < 4.78 is 7.98. The predicted molar refractivity (Wildman–Crippen MR) is 150 cm³/mol. The van der Waals surface area contributed by atoms with E-state index in [4.69, 9.17) is 14.7 Å². The van der Waals surface area contributed by atoms with Crippen molar-refractivity contribution in [3.63, 3.8) is 0 Å². The van der Waals surface area contributed by atoms with Gasteiger partial charge in [0.1, 0.15) is 0 Å². The van der Waals surface area contributed by atoms with E-state index in [0.717, 1.165) is 83.2 Å². The highest BCUT2D eigenvalue weighted by Crippen LogP contribution is 2.33. The van der Waals surface area contributed by atoms with Crippen LogP contribution in [0.15, 0.2) is 78.1 Å². The number of nitrogens with zero attached hydrogens (tertiary/aromatic N) is 4. The van der Waals surface area contributed by atoms with Crippen LogP contribution in [-0.2, 0) is 4.74 Å². The van der Waals surface area contributed by atoms with Gasteiger partial charge in [0.15, 0.2) is 0 Å². The molecule has 1 saturated carbocycles. The van der Waals surface area contributed by atoms with Crippen molar-refractivity contribution in [1.82, 2.24) is 14.5 Å². The Kier molecular flexibility index (Phi) is 6.58. The van der Waals surface area contributed by atoms with E-state index in [0.29, 0.717) is 6.10 Å². The first-order valence-corrected chi connectivity index (χ1v) is 13.2. The van der Waals surface area contributed by atoms with Crippen LogP contribution in [0.5, 0.6) is 0 Å². The molecule has 1 fully saturated rings. The fourth-order valence-electron chi connectivity index (χ4n) is 5.52. The van der Waals surface area contributed by atoms with Gasteiger partial charge in [-0.25, -0.2) is 4.98 Å². The third-order valence-electron chi connectivity index (χ3n) is 7.43. The molecule has 0 radical (unpaired) electrons. The lowest BCUT2D eigenvalue weighted by atomic mass is 9.93. The Morgan fingerprint density at radius 1 is 1.05 bits per heavy atom. The Balaban J connectivity index is 1.56. The van der Waals surface area contributed by atoms with Gasteiger partial charge in [-0.2, -0.15) is 0 Å². The summed E-state index contributed by atoms with van der Waals surface area (Å²) in [5.41, 5.74) is 8.43. The number of rotatable bonds is 5. The maximum atomic E-state index is 5.60. The zero-order valence-electron chi connectivity index (χ0n) is 21.5. The van der Waals surface area contributed by atoms with E-state index in [1.807, 2.05) is 19.5 Å². The molecule has 2 aromatic rings. The van der Waals surface area contributed by atoms with E-state index >= 15 is 0 Å². The average molecular weight is 492 g/mol. The number of allylic oxidation sites excluding steroid dienone is 4. The van der Waals surface area contributed by atoms with Crippen molar-refractivity contribution >= 4 is 28.1 Å². The van der Waals surface area contributed by atoms with Crippen molar-refractivity contribution in [3.8, 4) is 11.4 Å². The molecule has 6 rings (SSSR count). The summed E-state index contributed by atoms with van der Waals surface area (Å²) in [6, 6.07) is 15.2. The van der Waals surface area contributed by atoms with Crippen LogP contribution in [0.25, 0.3) is 28.1 Å². The van der Waals surface area contributed by atoms with Gasteiger partial charge in [0, 0.05) is 19.0 Å². The quantitative estimate of drug-likeness (QED) is 0.318. The van der Waals surface area contributed by atoms with Gasteiger partial charge in [-0.05, 0) is 87.4 Å². The second kappa shape index (κ2) is 10.3. The number of nitrogens with one attached hydrogen (secondary N) is 1. The number of para-hydroxylation sites is 2. The molecule has 4 aliphatic rings. The van der Waals surface area contributed by atoms with Crippen LogP contribution in [0, 0.1) is 6.92 Å². The highest BCUT2D eigenvalue weighted by molar-refractivity contribution is 5.86. The van der Waals surface area contributed by atoms with Crippen LogP contribution in [0.3, 0.4) is 0 Å². The van der Waals surface area contributed by atoms with Crippen LogP contribution >= 0.6 is 0 Å². The molecular formula is C31H33N5O. The summed E-state index contributed by atoms with van der Waals surface area (Å²) in [7, 11) is 1.81. The fourth-order valence-corrected chi connectivity index (χ4v) is 5.52. The minimum Gasteiger partial charge on any atom is -0.381 e. The Hall–Kier alpha value is -3.77. The monoisotopic (exact) mass is 491 g/mol. The lowest BCUT2D eigenvalue weighted by Crippen LogP contribution is -2.25. The third kappa shape index (κ3) is 4.94. The van der Waals surface area contributed by atoms with Crippen LogP contribution < -0.4 is 10.7 Å². The van der Waals surface area contributed by atoms with E-state index in [1.54, 1.807) is 0 Å². The number of fused-ring (bicyclic) bond motifs is 2. The van der Waals surface area contributed by atoms with Gasteiger partial charge in [-0.1, -0.05) is 24.3 Å². The normalized spacial score (nSPS) is 20.4. The zero-order chi connectivity index (χ0) is 25.2. The number of hydrogen-bond acceptors (Lipinski definition) is 5. The van der Waals surface area contributed by atoms with E-state index in [1.165, 1.54) is 5.70 Å². The Morgan fingerprint density at radius 2 is 1.92 bits per heavy atom. The van der Waals surface area contributed by atoms with Crippen molar-refractivity contribution in [1.29, 1.82) is 0 Å². The molecule has 2 heterocycles. The van der Waals surface area contributed by atoms with Gasteiger partial charge < -0.3 is 14.6 Å². The van der Waals surface area contributed by atoms with E-state index < -0.39 is 0 Å². The first-order chi connectivity index (χ1) is 18.2. The molecule has 6 nitrogen and oxygen atoms in total. The molecule has 0 bridgehead atoms. The molecule has 1 aromatic carbocycles. The number of anilines is 2. The zero-order valence-corrected chi connectivity index (χ0v) is 21.5. The van der Waals surface area contributed by atoms with Crippen molar-refractivity contribution in [2.75, 3.05) is 12.4 Å². The first-order valence-electron chi connectivity index (χ1n) is 13.2. The summed E-state index contributed by atoms with van der Waals surface area (Å²) in [5, 5.41) is 4.57. The van der Waals surface area contributed by atoms with Gasteiger partial charge >= 0.3 is 0 Å². The number of aryl methyl sites for hydroxylation is 1. The average Bonchev–Trinajstić information content (AvgIpc) is 2.93. The lowest BCUT2D eigenvalue weighted by molar-refractivity contribution is 0.0663. The van der Waals surface area contributed by atoms with Gasteiger partial charge in [-0.3, -0.25) is 9.98 Å². The van der Waals surface area contributed by atoms with E-state index in [9.17, 15) is 0 Å². The number of ether oxygens (including phenoxy) is 1. The number of hydrogen-bond donors (Lipinski definition) is 1. The Morgan fingerprint density at radius 3 is 2.70 bits per heavy atom. The van der Waals surface area contributed by atoms with Crippen molar-refractivity contribution in [3.05, 3.63) is 84.0 Å². The highest BCUT2D eigenvalue weighted by atomic mass is 16.5. The minimum atomic E-state index is 0.277. The molecular weight excluding hydrogens is 458 g/mol. The molecule has 0 saturated heterocycles. The molecule has 0 spiro atoms. The van der Waals surface area contributed by atoms with Crippen LogP contribution in [0.2, 0.25) is 0 Å². The number of aromatic nitrogens is 3. The maximum Gasteiger partial charge on any atom is 0.0900 e. The van der Waals surface area contributed by atoms with Gasteiger partial charge in [0.25, 0.3) is 0 Å². The molecule has 0 atom stereocenters. The standard InChI is InChI=1S/C31H33N5O/c1-21-16-23(20-32-19-21)34-27-17-29-31(18-28(27)33-22-12-14-25(37-2)15-13-22)36(24-8-4-3-5-9-24)30-11-7-6-10-26(30)35-29/h3-4,6-8,10-11,16-20,22,25,34H,5,9,12-15H2,1-2H3/b33-28+. The van der Waals surface area contributed by atoms with E-state index in [-0.39, 0.29) is 6.04 Å². The molecule has 1 aliphatic heterocycles. The van der Waals surface area contributed by atoms with Gasteiger partial charge in [0.2, 0.25) is 0 Å². The topological polar surface area (TPSA) is 64.3 Å². The van der Waals surface area contributed by atoms with Crippen molar-refractivity contribution in [2.24, 2.45) is 4.99 Å². The van der Waals surface area contributed by atoms with Crippen LogP contribution in [0.4, 0.5) is 11.4 Å². The van der Waals surface area contributed by atoms with Crippen LogP contribution in [0.1, 0.15) is 44.1 Å². The molecule has 0 amide bonds. The van der Waals surface area contributed by atoms with Crippen LogP contribution in [-0.4, -0.2) is 33.8 Å². The molecule has 188 valence electrons. The summed E-state index contributed by atoms with van der Waals surface area (Å²) in [4.78, 5) is 14.8. The summed E-state index contributed by atoms with van der Waals surface area (Å²) in [6.45, 7) is 2.06. The maximum absolute atomic E-state index is 5.60. The SMILES string of the molecule is COC1CCC(/N=c2\cc3n(C4=CC=CCC4)c4ccccc4nc-3cc2Nc2cncc(C)c2)CC1. The fraction of sp³-hybridized carbons (Fsp3) is 0.323.